The molecule has 0 aromatic heterocycles. The average molecular weight is 237 g/mol. The van der Waals surface area contributed by atoms with E-state index < -0.39 is 0 Å². The molecule has 0 fully saturated rings. The lowest BCUT2D eigenvalue weighted by Crippen LogP contribution is -2.17. The fraction of sp³-hybridized carbons (Fsp3) is 0.188. The predicted molar refractivity (Wildman–Crippen MR) is 70.0 cm³/mol. The lowest BCUT2D eigenvalue weighted by atomic mass is 9.92. The summed E-state index contributed by atoms with van der Waals surface area (Å²) in [5, 5.41) is 0. The van der Waals surface area contributed by atoms with Crippen molar-refractivity contribution in [2.24, 2.45) is 0 Å². The lowest BCUT2D eigenvalue weighted by Gasteiger charge is -2.19. The van der Waals surface area contributed by atoms with Crippen molar-refractivity contribution in [1.82, 2.24) is 0 Å². The van der Waals surface area contributed by atoms with Crippen LogP contribution in [0.4, 0.5) is 0 Å². The summed E-state index contributed by atoms with van der Waals surface area (Å²) in [5.74, 6) is 0.110. The second-order valence-corrected chi connectivity index (χ2v) is 4.56. The molecule has 2 aromatic carbocycles. The summed E-state index contributed by atoms with van der Waals surface area (Å²) in [5.41, 5.74) is 4.92. The molecule has 2 nitrogen and oxygen atoms in total. The van der Waals surface area contributed by atoms with E-state index in [-0.39, 0.29) is 12.0 Å². The first-order valence-electron chi connectivity index (χ1n) is 6.04. The van der Waals surface area contributed by atoms with Gasteiger partial charge in [-0.2, -0.15) is 0 Å². The Morgan fingerprint density at radius 1 is 1.00 bits per heavy atom. The molecule has 0 saturated heterocycles. The number of hydrogen-bond donors (Lipinski definition) is 0. The van der Waals surface area contributed by atoms with Crippen molar-refractivity contribution in [3.05, 3.63) is 59.7 Å². The van der Waals surface area contributed by atoms with Gasteiger partial charge >= 0.3 is 6.47 Å². The van der Waals surface area contributed by atoms with Gasteiger partial charge in [0, 0.05) is 5.92 Å². The molecule has 1 atom stereocenters. The third-order valence-corrected chi connectivity index (χ3v) is 3.59. The fourth-order valence-corrected chi connectivity index (χ4v) is 2.84. The molecule has 1 aliphatic rings. The highest BCUT2D eigenvalue weighted by Crippen LogP contribution is 2.46. The van der Waals surface area contributed by atoms with Gasteiger partial charge in [0.05, 0.1) is 0 Å². The second kappa shape index (κ2) is 4.30. The van der Waals surface area contributed by atoms with Crippen molar-refractivity contribution in [2.45, 2.75) is 18.9 Å². The molecule has 0 spiro atoms. The Labute approximate surface area is 106 Å². The van der Waals surface area contributed by atoms with E-state index >= 15 is 0 Å². The molecule has 1 aliphatic carbocycles. The Kier molecular flexibility index (Phi) is 2.63. The summed E-state index contributed by atoms with van der Waals surface area (Å²) < 4.78 is 5.03. The zero-order chi connectivity index (χ0) is 12.5. The molecular weight excluding hydrogens is 224 g/mol. The van der Waals surface area contributed by atoms with Gasteiger partial charge in [-0.15, -0.1) is 0 Å². The van der Waals surface area contributed by atoms with Gasteiger partial charge in [-0.25, -0.2) is 4.79 Å². The quantitative estimate of drug-likeness (QED) is 0.819. The SMILES string of the molecule is C[C@@H](O[C]=O)C1c2ccccc2-c2ccccc21. The van der Waals surface area contributed by atoms with Crippen LogP contribution in [0.3, 0.4) is 0 Å². The summed E-state index contributed by atoms with van der Waals surface area (Å²) in [4.78, 5) is 10.4. The maximum Gasteiger partial charge on any atom is 0.417 e. The molecule has 0 aliphatic heterocycles. The number of carbonyl (C=O) groups excluding carboxylic acids is 1. The molecule has 2 aromatic rings. The van der Waals surface area contributed by atoms with Crippen molar-refractivity contribution in [2.75, 3.05) is 0 Å². The molecule has 0 unspecified atom stereocenters. The van der Waals surface area contributed by atoms with E-state index in [1.54, 1.807) is 6.47 Å². The van der Waals surface area contributed by atoms with Gasteiger partial charge in [0.25, 0.3) is 0 Å². The van der Waals surface area contributed by atoms with Gasteiger partial charge in [-0.1, -0.05) is 48.5 Å². The van der Waals surface area contributed by atoms with Crippen molar-refractivity contribution in [3.63, 3.8) is 0 Å². The average Bonchev–Trinajstić information content (AvgIpc) is 2.73. The Morgan fingerprint density at radius 2 is 1.50 bits per heavy atom. The molecule has 89 valence electrons. The van der Waals surface area contributed by atoms with E-state index in [0.29, 0.717) is 0 Å². The third-order valence-electron chi connectivity index (χ3n) is 3.59. The zero-order valence-corrected chi connectivity index (χ0v) is 10.1. The monoisotopic (exact) mass is 237 g/mol. The number of fused-ring (bicyclic) bond motifs is 3. The molecule has 0 saturated carbocycles. The summed E-state index contributed by atoms with van der Waals surface area (Å²) in [6, 6.07) is 16.6. The number of hydrogen-bond acceptors (Lipinski definition) is 2. The van der Waals surface area contributed by atoms with Crippen molar-refractivity contribution < 1.29 is 9.53 Å². The van der Waals surface area contributed by atoms with Crippen LogP contribution in [0.15, 0.2) is 48.5 Å². The van der Waals surface area contributed by atoms with Crippen LogP contribution < -0.4 is 0 Å². The van der Waals surface area contributed by atoms with Crippen LogP contribution >= 0.6 is 0 Å². The molecule has 0 amide bonds. The minimum Gasteiger partial charge on any atom is -0.453 e. The molecule has 0 N–H and O–H groups in total. The van der Waals surface area contributed by atoms with Crippen molar-refractivity contribution >= 4 is 6.47 Å². The number of benzene rings is 2. The zero-order valence-electron chi connectivity index (χ0n) is 10.1. The molecule has 18 heavy (non-hydrogen) atoms. The highest BCUT2D eigenvalue weighted by Gasteiger charge is 2.32. The summed E-state index contributed by atoms with van der Waals surface area (Å²) in [6.07, 6.45) is -0.202. The highest BCUT2D eigenvalue weighted by atomic mass is 16.5. The molecular formula is C16H13O2. The Morgan fingerprint density at radius 3 is 2.00 bits per heavy atom. The maximum atomic E-state index is 10.4. The highest BCUT2D eigenvalue weighted by molar-refractivity contribution is 5.79. The normalized spacial score (nSPS) is 14.7. The van der Waals surface area contributed by atoms with E-state index in [9.17, 15) is 4.79 Å². The smallest absolute Gasteiger partial charge is 0.417 e. The van der Waals surface area contributed by atoms with Crippen LogP contribution in [0.2, 0.25) is 0 Å². The van der Waals surface area contributed by atoms with Gasteiger partial charge in [0.15, 0.2) is 0 Å². The van der Waals surface area contributed by atoms with E-state index in [1.165, 1.54) is 22.3 Å². The van der Waals surface area contributed by atoms with Gasteiger partial charge < -0.3 is 4.74 Å². The van der Waals surface area contributed by atoms with Crippen LogP contribution in [0.5, 0.6) is 0 Å². The van der Waals surface area contributed by atoms with Crippen LogP contribution in [-0.4, -0.2) is 12.6 Å². The Hall–Kier alpha value is -2.09. The van der Waals surface area contributed by atoms with E-state index in [4.69, 9.17) is 4.74 Å². The minimum atomic E-state index is -0.202. The van der Waals surface area contributed by atoms with E-state index in [0.717, 1.165) is 0 Å². The lowest BCUT2D eigenvalue weighted by molar-refractivity contribution is 0.179. The van der Waals surface area contributed by atoms with Crippen LogP contribution in [0, 0.1) is 0 Å². The van der Waals surface area contributed by atoms with Gasteiger partial charge in [0.2, 0.25) is 0 Å². The molecule has 0 bridgehead atoms. The largest absolute Gasteiger partial charge is 0.453 e. The first-order chi connectivity index (χ1) is 8.83. The van der Waals surface area contributed by atoms with Crippen molar-refractivity contribution in [1.29, 1.82) is 0 Å². The standard InChI is InChI=1S/C16H13O2/c1-11(18-10-17)16-14-8-4-2-6-12(14)13-7-3-5-9-15(13)16/h2-9,11,16H,1H3/t11-/m1/s1. The topological polar surface area (TPSA) is 26.3 Å². The molecule has 2 heteroatoms. The molecule has 0 heterocycles. The van der Waals surface area contributed by atoms with Gasteiger partial charge in [-0.3, -0.25) is 0 Å². The van der Waals surface area contributed by atoms with Gasteiger partial charge in [-0.05, 0) is 29.2 Å². The second-order valence-electron chi connectivity index (χ2n) is 4.56. The van der Waals surface area contributed by atoms with Gasteiger partial charge in [0.1, 0.15) is 6.10 Å². The van der Waals surface area contributed by atoms with Crippen LogP contribution in [-0.2, 0) is 9.53 Å². The molecule has 3 rings (SSSR count). The van der Waals surface area contributed by atoms with Crippen LogP contribution in [0.1, 0.15) is 24.0 Å². The number of rotatable bonds is 3. The fourth-order valence-electron chi connectivity index (χ4n) is 2.84. The van der Waals surface area contributed by atoms with E-state index in [1.807, 2.05) is 31.2 Å². The summed E-state index contributed by atoms with van der Waals surface area (Å²) >= 11 is 0. The summed E-state index contributed by atoms with van der Waals surface area (Å²) in [7, 11) is 0. The first kappa shape index (κ1) is 11.0. The number of ether oxygens (including phenoxy) is 1. The predicted octanol–water partition coefficient (Wildman–Crippen LogP) is 3.27. The molecule has 1 radical (unpaired) electrons. The third kappa shape index (κ3) is 1.53. The summed E-state index contributed by atoms with van der Waals surface area (Å²) in [6.45, 7) is 3.47. The maximum absolute atomic E-state index is 10.4. The first-order valence-corrected chi connectivity index (χ1v) is 6.04. The van der Waals surface area contributed by atoms with Crippen molar-refractivity contribution in [3.8, 4) is 11.1 Å². The van der Waals surface area contributed by atoms with E-state index in [2.05, 4.69) is 24.3 Å². The minimum absolute atomic E-state index is 0.110. The van der Waals surface area contributed by atoms with Crippen LogP contribution in [0.25, 0.3) is 11.1 Å². The Bertz CT molecular complexity index is 544. The Balaban J connectivity index is 2.17.